The number of hydrogen-bond donors (Lipinski definition) is 0. The van der Waals surface area contributed by atoms with Crippen molar-refractivity contribution in [2.75, 3.05) is 45.1 Å². The highest BCUT2D eigenvalue weighted by atomic mass is 16.7. The van der Waals surface area contributed by atoms with E-state index in [1.807, 2.05) is 24.3 Å². The van der Waals surface area contributed by atoms with Crippen molar-refractivity contribution >= 4 is 22.7 Å². The second kappa shape index (κ2) is 7.56. The normalized spacial score (nSPS) is 19.6. The molecule has 0 radical (unpaired) electrons. The van der Waals surface area contributed by atoms with E-state index in [4.69, 9.17) is 28.7 Å². The zero-order chi connectivity index (χ0) is 21.7. The van der Waals surface area contributed by atoms with E-state index in [9.17, 15) is 4.79 Å². The summed E-state index contributed by atoms with van der Waals surface area (Å²) in [5, 5.41) is 0.985. The fourth-order valence-corrected chi connectivity index (χ4v) is 4.58. The molecule has 0 amide bonds. The van der Waals surface area contributed by atoms with Gasteiger partial charge in [-0.25, -0.2) is 4.98 Å². The lowest BCUT2D eigenvalue weighted by Crippen LogP contribution is -2.38. The first-order chi connectivity index (χ1) is 15.7. The largest absolute Gasteiger partial charge is 0.497 e. The van der Waals surface area contributed by atoms with Crippen LogP contribution in [0, 0.1) is 0 Å². The van der Waals surface area contributed by atoms with E-state index in [1.54, 1.807) is 13.2 Å². The van der Waals surface area contributed by atoms with Crippen LogP contribution in [0.15, 0.2) is 36.4 Å². The van der Waals surface area contributed by atoms with Crippen LogP contribution in [0.4, 0.5) is 5.82 Å². The number of aromatic nitrogens is 1. The van der Waals surface area contributed by atoms with Gasteiger partial charge in [0.25, 0.3) is 0 Å². The van der Waals surface area contributed by atoms with Gasteiger partial charge in [-0.1, -0.05) is 0 Å². The lowest BCUT2D eigenvalue weighted by Gasteiger charge is -2.33. The van der Waals surface area contributed by atoms with Crippen LogP contribution in [0.25, 0.3) is 10.9 Å². The van der Waals surface area contributed by atoms with Crippen molar-refractivity contribution in [1.29, 1.82) is 0 Å². The number of rotatable bonds is 3. The van der Waals surface area contributed by atoms with Gasteiger partial charge in [-0.3, -0.25) is 4.79 Å². The highest BCUT2D eigenvalue weighted by Gasteiger charge is 2.34. The molecule has 8 nitrogen and oxygen atoms in total. The molecule has 8 heteroatoms. The van der Waals surface area contributed by atoms with Gasteiger partial charge in [-0.15, -0.1) is 0 Å². The molecule has 0 unspecified atom stereocenters. The smallest absolute Gasteiger partial charge is 0.312 e. The number of esters is 1. The van der Waals surface area contributed by atoms with Crippen molar-refractivity contribution < 1.29 is 28.5 Å². The van der Waals surface area contributed by atoms with E-state index >= 15 is 0 Å². The average Bonchev–Trinajstić information content (AvgIpc) is 3.29. The summed E-state index contributed by atoms with van der Waals surface area (Å²) < 4.78 is 27.6. The van der Waals surface area contributed by atoms with Crippen LogP contribution < -0.4 is 23.8 Å². The SMILES string of the molecule is COc1ccc2cc([C@@H]3CC(=O)Oc4cc5c(cc43)OCO5)c(N3CCOCC3)nc2c1. The number of methoxy groups -OCH3 is 1. The molecule has 164 valence electrons. The molecule has 3 aromatic rings. The summed E-state index contributed by atoms with van der Waals surface area (Å²) in [6, 6.07) is 11.7. The van der Waals surface area contributed by atoms with Gasteiger partial charge in [-0.05, 0) is 24.3 Å². The molecule has 3 aliphatic rings. The van der Waals surface area contributed by atoms with Crippen molar-refractivity contribution in [3.63, 3.8) is 0 Å². The van der Waals surface area contributed by atoms with Crippen LogP contribution in [0.1, 0.15) is 23.5 Å². The Bertz CT molecular complexity index is 1220. The molecular formula is C24H22N2O6. The topological polar surface area (TPSA) is 79.4 Å². The number of benzene rings is 2. The van der Waals surface area contributed by atoms with Crippen LogP contribution in [-0.4, -0.2) is 51.2 Å². The fourth-order valence-electron chi connectivity index (χ4n) is 4.58. The third-order valence-corrected chi connectivity index (χ3v) is 6.19. The molecular weight excluding hydrogens is 412 g/mol. The van der Waals surface area contributed by atoms with Gasteiger partial charge in [0, 0.05) is 47.7 Å². The van der Waals surface area contributed by atoms with Gasteiger partial charge in [0.2, 0.25) is 6.79 Å². The molecule has 1 fully saturated rings. The van der Waals surface area contributed by atoms with Crippen LogP contribution in [0.3, 0.4) is 0 Å². The van der Waals surface area contributed by atoms with Crippen molar-refractivity contribution in [2.45, 2.75) is 12.3 Å². The molecule has 2 aromatic carbocycles. The number of nitrogens with zero attached hydrogens (tertiary/aromatic N) is 2. The van der Waals surface area contributed by atoms with E-state index in [0.29, 0.717) is 30.5 Å². The highest BCUT2D eigenvalue weighted by molar-refractivity contribution is 5.85. The van der Waals surface area contributed by atoms with Gasteiger partial charge in [-0.2, -0.15) is 0 Å². The van der Waals surface area contributed by atoms with Gasteiger partial charge in [0.15, 0.2) is 11.5 Å². The van der Waals surface area contributed by atoms with Crippen LogP contribution in [0.2, 0.25) is 0 Å². The average molecular weight is 434 g/mol. The maximum atomic E-state index is 12.6. The minimum absolute atomic E-state index is 0.162. The maximum Gasteiger partial charge on any atom is 0.312 e. The van der Waals surface area contributed by atoms with Crippen LogP contribution >= 0.6 is 0 Å². The number of morpholine rings is 1. The molecule has 1 atom stereocenters. The first-order valence-electron chi connectivity index (χ1n) is 10.7. The minimum Gasteiger partial charge on any atom is -0.497 e. The molecule has 0 aliphatic carbocycles. The quantitative estimate of drug-likeness (QED) is 0.459. The zero-order valence-electron chi connectivity index (χ0n) is 17.6. The van der Waals surface area contributed by atoms with E-state index in [0.717, 1.165) is 46.7 Å². The van der Waals surface area contributed by atoms with Crippen LogP contribution in [-0.2, 0) is 9.53 Å². The van der Waals surface area contributed by atoms with Crippen molar-refractivity contribution in [2.24, 2.45) is 0 Å². The Morgan fingerprint density at radius 1 is 1.00 bits per heavy atom. The predicted molar refractivity (Wildman–Crippen MR) is 116 cm³/mol. The predicted octanol–water partition coefficient (Wildman–Crippen LogP) is 3.25. The monoisotopic (exact) mass is 434 g/mol. The number of ether oxygens (including phenoxy) is 5. The standard InChI is InChI=1S/C24H22N2O6/c1-28-15-3-2-14-8-18(24(25-19(14)9-15)26-4-6-29-7-5-26)16-11-23(27)32-20-12-22-21(10-17(16)20)30-13-31-22/h2-3,8-10,12,16H,4-7,11,13H2,1H3/t16-/m1/s1. The first kappa shape index (κ1) is 19.2. The minimum atomic E-state index is -0.274. The molecule has 0 saturated carbocycles. The second-order valence-electron chi connectivity index (χ2n) is 8.03. The molecule has 6 rings (SSSR count). The summed E-state index contributed by atoms with van der Waals surface area (Å²) in [5.74, 6) is 2.90. The van der Waals surface area contributed by atoms with Crippen LogP contribution in [0.5, 0.6) is 23.0 Å². The third-order valence-electron chi connectivity index (χ3n) is 6.19. The Balaban J connectivity index is 1.54. The third kappa shape index (κ3) is 3.18. The number of fused-ring (bicyclic) bond motifs is 3. The Hall–Kier alpha value is -3.52. The number of carbonyl (C=O) groups excluding carboxylic acids is 1. The highest BCUT2D eigenvalue weighted by Crippen LogP contribution is 2.48. The van der Waals surface area contributed by atoms with E-state index in [-0.39, 0.29) is 25.1 Å². The molecule has 0 N–H and O–H groups in total. The zero-order valence-corrected chi connectivity index (χ0v) is 17.6. The molecule has 0 bridgehead atoms. The fraction of sp³-hybridized carbons (Fsp3) is 0.333. The lowest BCUT2D eigenvalue weighted by atomic mass is 9.85. The summed E-state index contributed by atoms with van der Waals surface area (Å²) in [5.41, 5.74) is 2.73. The summed E-state index contributed by atoms with van der Waals surface area (Å²) in [6.45, 7) is 2.91. The van der Waals surface area contributed by atoms with Gasteiger partial charge in [0.1, 0.15) is 17.3 Å². The summed E-state index contributed by atoms with van der Waals surface area (Å²) >= 11 is 0. The van der Waals surface area contributed by atoms with Gasteiger partial charge >= 0.3 is 5.97 Å². The lowest BCUT2D eigenvalue weighted by molar-refractivity contribution is -0.135. The van der Waals surface area contributed by atoms with E-state index < -0.39 is 0 Å². The summed E-state index contributed by atoms with van der Waals surface area (Å²) in [4.78, 5) is 19.8. The first-order valence-corrected chi connectivity index (χ1v) is 10.7. The number of anilines is 1. The summed E-state index contributed by atoms with van der Waals surface area (Å²) in [6.07, 6.45) is 0.229. The van der Waals surface area contributed by atoms with E-state index in [2.05, 4.69) is 11.0 Å². The van der Waals surface area contributed by atoms with Gasteiger partial charge in [0.05, 0.1) is 32.3 Å². The number of pyridine rings is 1. The Labute approximate surface area is 184 Å². The second-order valence-corrected chi connectivity index (χ2v) is 8.03. The molecule has 4 heterocycles. The molecule has 3 aliphatic heterocycles. The van der Waals surface area contributed by atoms with Crippen molar-refractivity contribution in [3.8, 4) is 23.0 Å². The Morgan fingerprint density at radius 2 is 1.81 bits per heavy atom. The van der Waals surface area contributed by atoms with Crippen molar-refractivity contribution in [3.05, 3.63) is 47.5 Å². The van der Waals surface area contributed by atoms with Crippen molar-refractivity contribution in [1.82, 2.24) is 4.98 Å². The van der Waals surface area contributed by atoms with Gasteiger partial charge < -0.3 is 28.6 Å². The molecule has 0 spiro atoms. The summed E-state index contributed by atoms with van der Waals surface area (Å²) in [7, 11) is 1.65. The molecule has 1 aromatic heterocycles. The maximum absolute atomic E-state index is 12.6. The Kier molecular flexibility index (Phi) is 4.53. The molecule has 32 heavy (non-hydrogen) atoms. The Morgan fingerprint density at radius 3 is 2.62 bits per heavy atom. The number of carbonyl (C=O) groups is 1. The number of hydrogen-bond acceptors (Lipinski definition) is 8. The molecule has 1 saturated heterocycles. The van der Waals surface area contributed by atoms with E-state index in [1.165, 1.54) is 0 Å².